The minimum absolute atomic E-state index is 0.200. The second kappa shape index (κ2) is 4.61. The molecular weight excluding hydrogens is 210 g/mol. The Labute approximate surface area is 103 Å². The van der Waals surface area contributed by atoms with Crippen molar-refractivity contribution in [2.24, 2.45) is 11.1 Å². The molecule has 1 aromatic carbocycles. The van der Waals surface area contributed by atoms with E-state index in [0.717, 1.165) is 19.3 Å². The quantitative estimate of drug-likeness (QED) is 0.865. The molecule has 92 valence electrons. The van der Waals surface area contributed by atoms with Gasteiger partial charge in [-0.25, -0.2) is 0 Å². The van der Waals surface area contributed by atoms with Crippen LogP contribution in [0.3, 0.4) is 0 Å². The number of rotatable bonds is 4. The smallest absolute Gasteiger partial charge is 0.144 e. The molecule has 2 N–H and O–H groups in total. The molecule has 2 nitrogen and oxygen atoms in total. The van der Waals surface area contributed by atoms with Crippen LogP contribution < -0.4 is 5.73 Å². The molecule has 1 saturated carbocycles. The summed E-state index contributed by atoms with van der Waals surface area (Å²) in [7, 11) is 0. The van der Waals surface area contributed by atoms with Gasteiger partial charge in [0.05, 0.1) is 0 Å². The molecule has 17 heavy (non-hydrogen) atoms. The van der Waals surface area contributed by atoms with Gasteiger partial charge in [-0.3, -0.25) is 4.79 Å². The van der Waals surface area contributed by atoms with Gasteiger partial charge in [0.15, 0.2) is 0 Å². The van der Waals surface area contributed by atoms with E-state index in [9.17, 15) is 4.79 Å². The Balaban J connectivity index is 2.18. The van der Waals surface area contributed by atoms with Gasteiger partial charge in [0.25, 0.3) is 0 Å². The van der Waals surface area contributed by atoms with E-state index in [4.69, 9.17) is 5.73 Å². The zero-order valence-corrected chi connectivity index (χ0v) is 10.8. The predicted molar refractivity (Wildman–Crippen MR) is 70.0 cm³/mol. The number of Topliss-reactive ketones (excluding diaryl/α,β-unsaturated/α-hetero) is 1. The van der Waals surface area contributed by atoms with Crippen LogP contribution in [0.25, 0.3) is 0 Å². The molecule has 0 bridgehead atoms. The lowest BCUT2D eigenvalue weighted by atomic mass is 9.64. The van der Waals surface area contributed by atoms with Crippen molar-refractivity contribution in [3.63, 3.8) is 0 Å². The molecule has 0 spiro atoms. The molecule has 2 heteroatoms. The lowest BCUT2D eigenvalue weighted by Gasteiger charge is -2.39. The van der Waals surface area contributed by atoms with E-state index in [-0.39, 0.29) is 5.41 Å². The lowest BCUT2D eigenvalue weighted by Crippen LogP contribution is -2.45. The summed E-state index contributed by atoms with van der Waals surface area (Å²) in [4.78, 5) is 12.4. The van der Waals surface area contributed by atoms with Crippen LogP contribution in [0.15, 0.2) is 18.2 Å². The predicted octanol–water partition coefficient (Wildman–Crippen LogP) is 2.54. The maximum atomic E-state index is 12.4. The van der Waals surface area contributed by atoms with E-state index in [1.165, 1.54) is 16.7 Å². The molecule has 1 aromatic rings. The van der Waals surface area contributed by atoms with Crippen molar-refractivity contribution < 1.29 is 4.79 Å². The van der Waals surface area contributed by atoms with E-state index < -0.39 is 0 Å². The van der Waals surface area contributed by atoms with Crippen LogP contribution >= 0.6 is 0 Å². The van der Waals surface area contributed by atoms with Crippen molar-refractivity contribution >= 4 is 5.78 Å². The Bertz CT molecular complexity index is 407. The summed E-state index contributed by atoms with van der Waals surface area (Å²) in [6, 6.07) is 6.19. The lowest BCUT2D eigenvalue weighted by molar-refractivity contribution is -0.132. The summed E-state index contributed by atoms with van der Waals surface area (Å²) < 4.78 is 0. The van der Waals surface area contributed by atoms with E-state index >= 15 is 0 Å². The molecule has 1 aliphatic rings. The number of benzene rings is 1. The number of nitrogens with two attached hydrogens (primary N) is 1. The van der Waals surface area contributed by atoms with Crippen LogP contribution in [-0.2, 0) is 11.2 Å². The van der Waals surface area contributed by atoms with Crippen molar-refractivity contribution in [2.75, 3.05) is 6.54 Å². The number of hydrogen-bond acceptors (Lipinski definition) is 2. The van der Waals surface area contributed by atoms with Crippen molar-refractivity contribution in [1.82, 2.24) is 0 Å². The highest BCUT2D eigenvalue weighted by atomic mass is 16.1. The van der Waals surface area contributed by atoms with Gasteiger partial charge in [0.1, 0.15) is 5.78 Å². The summed E-state index contributed by atoms with van der Waals surface area (Å²) in [5, 5.41) is 0. The van der Waals surface area contributed by atoms with Crippen LogP contribution in [0.4, 0.5) is 0 Å². The van der Waals surface area contributed by atoms with Gasteiger partial charge in [0, 0.05) is 18.4 Å². The summed E-state index contributed by atoms with van der Waals surface area (Å²) in [6.07, 6.45) is 3.66. The van der Waals surface area contributed by atoms with E-state index in [2.05, 4.69) is 26.0 Å². The van der Waals surface area contributed by atoms with Crippen molar-refractivity contribution in [3.05, 3.63) is 34.9 Å². The minimum atomic E-state index is -0.200. The van der Waals surface area contributed by atoms with Crippen molar-refractivity contribution in [3.8, 4) is 0 Å². The fourth-order valence-electron chi connectivity index (χ4n) is 2.68. The maximum Gasteiger partial charge on any atom is 0.144 e. The van der Waals surface area contributed by atoms with Gasteiger partial charge in [-0.05, 0) is 43.4 Å². The fraction of sp³-hybridized carbons (Fsp3) is 0.533. The fourth-order valence-corrected chi connectivity index (χ4v) is 2.68. The Hall–Kier alpha value is -1.15. The molecule has 0 saturated heterocycles. The van der Waals surface area contributed by atoms with Crippen LogP contribution in [0.2, 0.25) is 0 Å². The number of carbonyl (C=O) groups is 1. The van der Waals surface area contributed by atoms with E-state index in [1.54, 1.807) is 0 Å². The third-order valence-corrected chi connectivity index (χ3v) is 4.27. The maximum absolute atomic E-state index is 12.4. The zero-order valence-electron chi connectivity index (χ0n) is 10.8. The summed E-state index contributed by atoms with van der Waals surface area (Å²) in [6.45, 7) is 4.66. The normalized spacial score (nSPS) is 17.6. The van der Waals surface area contributed by atoms with Gasteiger partial charge >= 0.3 is 0 Å². The molecule has 0 atom stereocenters. The molecule has 0 heterocycles. The second-order valence-corrected chi connectivity index (χ2v) is 5.31. The Kier molecular flexibility index (Phi) is 3.34. The molecule has 0 unspecified atom stereocenters. The second-order valence-electron chi connectivity index (χ2n) is 5.31. The Morgan fingerprint density at radius 3 is 2.29 bits per heavy atom. The molecule has 0 aliphatic heterocycles. The van der Waals surface area contributed by atoms with Gasteiger partial charge in [-0.15, -0.1) is 0 Å². The third kappa shape index (κ3) is 2.14. The zero-order chi connectivity index (χ0) is 12.5. The SMILES string of the molecule is Cc1cccc(C)c1CC(=O)C1(CN)CCC1. The molecule has 0 amide bonds. The summed E-state index contributed by atoms with van der Waals surface area (Å²) in [5.41, 5.74) is 9.20. The average Bonchev–Trinajstić information content (AvgIpc) is 2.23. The van der Waals surface area contributed by atoms with Gasteiger partial charge in [-0.1, -0.05) is 24.6 Å². The summed E-state index contributed by atoms with van der Waals surface area (Å²) in [5.74, 6) is 0.337. The molecule has 1 aliphatic carbocycles. The van der Waals surface area contributed by atoms with Crippen LogP contribution in [0.5, 0.6) is 0 Å². The molecular formula is C15H21NO. The first-order chi connectivity index (χ1) is 8.09. The standard InChI is InChI=1S/C15H21NO/c1-11-5-3-6-12(2)13(11)9-14(17)15(10-16)7-4-8-15/h3,5-6H,4,7-10,16H2,1-2H3. The average molecular weight is 231 g/mol. The van der Waals surface area contributed by atoms with Crippen molar-refractivity contribution in [2.45, 2.75) is 39.5 Å². The topological polar surface area (TPSA) is 43.1 Å². The van der Waals surface area contributed by atoms with E-state index in [1.807, 2.05) is 6.07 Å². The molecule has 0 radical (unpaired) electrons. The molecule has 0 aromatic heterocycles. The highest BCUT2D eigenvalue weighted by Gasteiger charge is 2.42. The van der Waals surface area contributed by atoms with E-state index in [0.29, 0.717) is 18.7 Å². The molecule has 2 rings (SSSR count). The van der Waals surface area contributed by atoms with Crippen molar-refractivity contribution in [1.29, 1.82) is 0 Å². The highest BCUT2D eigenvalue weighted by molar-refractivity contribution is 5.88. The molecule has 1 fully saturated rings. The number of carbonyl (C=O) groups excluding carboxylic acids is 1. The van der Waals surface area contributed by atoms with Gasteiger partial charge in [0.2, 0.25) is 0 Å². The van der Waals surface area contributed by atoms with Gasteiger partial charge in [-0.2, -0.15) is 0 Å². The van der Waals surface area contributed by atoms with Gasteiger partial charge < -0.3 is 5.73 Å². The monoisotopic (exact) mass is 231 g/mol. The van der Waals surface area contributed by atoms with Crippen LogP contribution in [-0.4, -0.2) is 12.3 Å². The van der Waals surface area contributed by atoms with Crippen LogP contribution in [0, 0.1) is 19.3 Å². The minimum Gasteiger partial charge on any atom is -0.329 e. The third-order valence-electron chi connectivity index (χ3n) is 4.27. The summed E-state index contributed by atoms with van der Waals surface area (Å²) >= 11 is 0. The highest BCUT2D eigenvalue weighted by Crippen LogP contribution is 2.41. The first-order valence-electron chi connectivity index (χ1n) is 6.37. The first-order valence-corrected chi connectivity index (χ1v) is 6.37. The Morgan fingerprint density at radius 1 is 1.29 bits per heavy atom. The largest absolute Gasteiger partial charge is 0.329 e. The number of hydrogen-bond donors (Lipinski definition) is 1. The first kappa shape index (κ1) is 12.3. The Morgan fingerprint density at radius 2 is 1.88 bits per heavy atom. The number of ketones is 1. The number of aryl methyl sites for hydroxylation is 2. The van der Waals surface area contributed by atoms with Crippen LogP contribution in [0.1, 0.15) is 36.0 Å².